The molecule has 9 nitrogen and oxygen atoms in total. The number of aryl methyl sites for hydroxylation is 1. The Kier molecular flexibility index (Phi) is 5.44. The number of ketones is 1. The van der Waals surface area contributed by atoms with Crippen molar-refractivity contribution in [2.45, 2.75) is 26.1 Å². The van der Waals surface area contributed by atoms with Gasteiger partial charge in [-0.05, 0) is 19.9 Å². The highest BCUT2D eigenvalue weighted by Gasteiger charge is 2.39. The number of rotatable bonds is 5. The van der Waals surface area contributed by atoms with Gasteiger partial charge in [0, 0.05) is 48.8 Å². The maximum Gasteiger partial charge on any atom is 0.435 e. The van der Waals surface area contributed by atoms with Crippen LogP contribution in [0.5, 0.6) is 0 Å². The molecule has 0 aliphatic heterocycles. The van der Waals surface area contributed by atoms with Crippen LogP contribution in [0.3, 0.4) is 0 Å². The van der Waals surface area contributed by atoms with Crippen molar-refractivity contribution >= 4 is 28.4 Å². The topological polar surface area (TPSA) is 108 Å². The fourth-order valence-electron chi connectivity index (χ4n) is 3.41. The Morgan fingerprint density at radius 3 is 2.52 bits per heavy atom. The molecule has 1 N–H and O–H groups in total. The van der Waals surface area contributed by atoms with Crippen LogP contribution in [0, 0.1) is 0 Å². The van der Waals surface area contributed by atoms with Crippen LogP contribution in [-0.2, 0) is 13.2 Å². The average Bonchev–Trinajstić information content (AvgIpc) is 3.35. The third-order valence-corrected chi connectivity index (χ3v) is 4.90. The fourth-order valence-corrected chi connectivity index (χ4v) is 3.41. The molecular formula is C21H18F3N7O2. The molecule has 4 aromatic rings. The van der Waals surface area contributed by atoms with E-state index in [2.05, 4.69) is 25.4 Å². The van der Waals surface area contributed by atoms with Gasteiger partial charge in [-0.1, -0.05) is 0 Å². The predicted octanol–water partition coefficient (Wildman–Crippen LogP) is 3.64. The van der Waals surface area contributed by atoms with E-state index in [1.807, 2.05) is 18.4 Å². The molecule has 12 heteroatoms. The van der Waals surface area contributed by atoms with E-state index in [0.717, 1.165) is 10.9 Å². The summed E-state index contributed by atoms with van der Waals surface area (Å²) in [5.74, 6) is -1.42. The standard InChI is InChI=1S/C21H18F3N7O2/c1-11(2)31-9-15(14-7-26-10-27-19(14)31)17(32)12-4-13(6-25-5-12)28-20(33)16-8-30(3)29-18(16)21(22,23)24/h4-11H,1-3H3,(H,28,33). The molecule has 4 rings (SSSR count). The van der Waals surface area contributed by atoms with Crippen molar-refractivity contribution in [1.29, 1.82) is 0 Å². The Hall–Kier alpha value is -4.09. The molecule has 0 saturated carbocycles. The fraction of sp³-hybridized carbons (Fsp3) is 0.238. The summed E-state index contributed by atoms with van der Waals surface area (Å²) in [5.41, 5.74) is -0.801. The lowest BCUT2D eigenvalue weighted by atomic mass is 10.1. The van der Waals surface area contributed by atoms with E-state index in [9.17, 15) is 22.8 Å². The number of hydrogen-bond donors (Lipinski definition) is 1. The van der Waals surface area contributed by atoms with Crippen molar-refractivity contribution in [2.24, 2.45) is 7.05 Å². The third kappa shape index (κ3) is 4.19. The Morgan fingerprint density at radius 1 is 1.06 bits per heavy atom. The molecule has 4 aromatic heterocycles. The van der Waals surface area contributed by atoms with Crippen molar-refractivity contribution in [3.63, 3.8) is 0 Å². The number of carbonyl (C=O) groups excluding carboxylic acids is 2. The Bertz CT molecular complexity index is 1370. The first-order valence-corrected chi connectivity index (χ1v) is 9.78. The van der Waals surface area contributed by atoms with Gasteiger partial charge in [0.05, 0.1) is 23.0 Å². The van der Waals surface area contributed by atoms with Crippen LogP contribution in [0.2, 0.25) is 0 Å². The van der Waals surface area contributed by atoms with E-state index >= 15 is 0 Å². The lowest BCUT2D eigenvalue weighted by Gasteiger charge is -2.08. The maximum absolute atomic E-state index is 13.2. The second-order valence-electron chi connectivity index (χ2n) is 7.61. The van der Waals surface area contributed by atoms with Gasteiger partial charge in [0.15, 0.2) is 11.5 Å². The van der Waals surface area contributed by atoms with Crippen LogP contribution in [0.25, 0.3) is 11.0 Å². The maximum atomic E-state index is 13.2. The summed E-state index contributed by atoms with van der Waals surface area (Å²) in [6.07, 6.45) is 3.32. The Morgan fingerprint density at radius 2 is 1.82 bits per heavy atom. The van der Waals surface area contributed by atoms with E-state index in [4.69, 9.17) is 0 Å². The number of carbonyl (C=O) groups is 2. The number of amides is 1. The summed E-state index contributed by atoms with van der Waals surface area (Å²) in [5, 5.41) is 6.23. The summed E-state index contributed by atoms with van der Waals surface area (Å²) >= 11 is 0. The van der Waals surface area contributed by atoms with Crippen LogP contribution in [-0.4, -0.2) is 41.0 Å². The molecule has 0 aliphatic carbocycles. The Labute approximate surface area is 185 Å². The number of anilines is 1. The second kappa shape index (κ2) is 8.11. The molecule has 0 aliphatic rings. The number of hydrogen-bond acceptors (Lipinski definition) is 6. The lowest BCUT2D eigenvalue weighted by Crippen LogP contribution is -2.18. The predicted molar refractivity (Wildman–Crippen MR) is 112 cm³/mol. The van der Waals surface area contributed by atoms with Crippen LogP contribution >= 0.6 is 0 Å². The van der Waals surface area contributed by atoms with Crippen LogP contribution in [0.15, 0.2) is 43.4 Å². The quantitative estimate of drug-likeness (QED) is 0.459. The van der Waals surface area contributed by atoms with Crippen molar-refractivity contribution in [2.75, 3.05) is 5.32 Å². The minimum absolute atomic E-state index is 0.0370. The number of aromatic nitrogens is 6. The van der Waals surface area contributed by atoms with Gasteiger partial charge in [0.2, 0.25) is 0 Å². The van der Waals surface area contributed by atoms with Crippen LogP contribution in [0.1, 0.15) is 51.9 Å². The minimum atomic E-state index is -4.79. The van der Waals surface area contributed by atoms with Gasteiger partial charge in [0.1, 0.15) is 12.0 Å². The summed E-state index contributed by atoms with van der Waals surface area (Å²) in [7, 11) is 1.28. The van der Waals surface area contributed by atoms with Crippen molar-refractivity contribution in [3.8, 4) is 0 Å². The number of pyridine rings is 1. The molecule has 4 heterocycles. The number of nitrogens with one attached hydrogen (secondary N) is 1. The zero-order valence-electron chi connectivity index (χ0n) is 17.8. The molecule has 0 atom stereocenters. The van der Waals surface area contributed by atoms with Gasteiger partial charge < -0.3 is 9.88 Å². The summed E-state index contributed by atoms with van der Waals surface area (Å²) < 4.78 is 42.3. The van der Waals surface area contributed by atoms with Gasteiger partial charge in [-0.25, -0.2) is 9.97 Å². The monoisotopic (exact) mass is 457 g/mol. The highest BCUT2D eigenvalue weighted by Crippen LogP contribution is 2.31. The number of alkyl halides is 3. The highest BCUT2D eigenvalue weighted by molar-refractivity contribution is 6.16. The first kappa shape index (κ1) is 22.1. The first-order valence-electron chi connectivity index (χ1n) is 9.78. The van der Waals surface area contributed by atoms with Gasteiger partial charge in [0.25, 0.3) is 5.91 Å². The van der Waals surface area contributed by atoms with E-state index in [0.29, 0.717) is 16.6 Å². The van der Waals surface area contributed by atoms with Gasteiger partial charge in [-0.2, -0.15) is 18.3 Å². The molecule has 0 aromatic carbocycles. The van der Waals surface area contributed by atoms with Gasteiger partial charge in [-0.15, -0.1) is 0 Å². The molecule has 170 valence electrons. The Balaban J connectivity index is 1.65. The normalized spacial score (nSPS) is 11.8. The van der Waals surface area contributed by atoms with E-state index in [1.165, 1.54) is 38.0 Å². The summed E-state index contributed by atoms with van der Waals surface area (Å²) in [6, 6.07) is 1.38. The van der Waals surface area contributed by atoms with Gasteiger partial charge >= 0.3 is 6.18 Å². The van der Waals surface area contributed by atoms with E-state index < -0.39 is 29.1 Å². The second-order valence-corrected chi connectivity index (χ2v) is 7.61. The number of halogens is 3. The van der Waals surface area contributed by atoms with Gasteiger partial charge in [-0.3, -0.25) is 19.3 Å². The van der Waals surface area contributed by atoms with Crippen LogP contribution < -0.4 is 5.32 Å². The highest BCUT2D eigenvalue weighted by atomic mass is 19.4. The van der Waals surface area contributed by atoms with Crippen molar-refractivity contribution < 1.29 is 22.8 Å². The zero-order chi connectivity index (χ0) is 23.9. The van der Waals surface area contributed by atoms with Crippen molar-refractivity contribution in [3.05, 3.63) is 65.8 Å². The number of fused-ring (bicyclic) bond motifs is 1. The molecule has 0 fully saturated rings. The molecular weight excluding hydrogens is 439 g/mol. The van der Waals surface area contributed by atoms with Crippen molar-refractivity contribution in [1.82, 2.24) is 29.3 Å². The van der Waals surface area contributed by atoms with E-state index in [-0.39, 0.29) is 17.3 Å². The van der Waals surface area contributed by atoms with E-state index in [1.54, 1.807) is 6.20 Å². The number of nitrogens with zero attached hydrogens (tertiary/aromatic N) is 6. The lowest BCUT2D eigenvalue weighted by molar-refractivity contribution is -0.141. The molecule has 1 amide bonds. The first-order chi connectivity index (χ1) is 15.6. The van der Waals surface area contributed by atoms with Crippen LogP contribution in [0.4, 0.5) is 18.9 Å². The molecule has 33 heavy (non-hydrogen) atoms. The average molecular weight is 457 g/mol. The summed E-state index contributed by atoms with van der Waals surface area (Å²) in [6.45, 7) is 3.89. The smallest absolute Gasteiger partial charge is 0.329 e. The molecule has 0 unspecified atom stereocenters. The minimum Gasteiger partial charge on any atom is -0.329 e. The summed E-state index contributed by atoms with van der Waals surface area (Å²) in [4.78, 5) is 37.9. The molecule has 0 saturated heterocycles. The molecule has 0 bridgehead atoms. The largest absolute Gasteiger partial charge is 0.435 e. The SMILES string of the molecule is CC(C)n1cc(C(=O)c2cncc(NC(=O)c3cn(C)nc3C(F)(F)F)c2)c2cncnc21. The molecule has 0 radical (unpaired) electrons. The zero-order valence-corrected chi connectivity index (χ0v) is 17.8. The molecule has 0 spiro atoms. The third-order valence-electron chi connectivity index (χ3n) is 4.90.